The van der Waals surface area contributed by atoms with Crippen LogP contribution in [0.5, 0.6) is 0 Å². The topological polar surface area (TPSA) is 17.1 Å². The van der Waals surface area contributed by atoms with Gasteiger partial charge in [-0.1, -0.05) is 0 Å². The molecule has 0 aromatic carbocycles. The second-order valence-electron chi connectivity index (χ2n) is 2.86. The molecule has 1 fully saturated rings. The summed E-state index contributed by atoms with van der Waals surface area (Å²) in [4.78, 5) is 11.2. The van der Waals surface area contributed by atoms with Crippen LogP contribution in [0.2, 0.25) is 0 Å². The fourth-order valence-electron chi connectivity index (χ4n) is 1.50. The van der Waals surface area contributed by atoms with Gasteiger partial charge in [0.1, 0.15) is 0 Å². The van der Waals surface area contributed by atoms with E-state index >= 15 is 0 Å². The monoisotopic (exact) mass is 230 g/mol. The van der Waals surface area contributed by atoms with Crippen LogP contribution in [0.3, 0.4) is 0 Å². The zero-order chi connectivity index (χ0) is 7.40. The van der Waals surface area contributed by atoms with E-state index in [1.807, 2.05) is 0 Å². The molecule has 52 valence electrons. The summed E-state index contributed by atoms with van der Waals surface area (Å²) in [7, 11) is 0. The third kappa shape index (κ3) is 3.06. The minimum absolute atomic E-state index is 0.439. The van der Waals surface area contributed by atoms with Crippen LogP contribution >= 0.6 is 0 Å². The molecule has 1 aliphatic rings. The molecular formula is C7H11KOSe. The zero-order valence-corrected chi connectivity index (χ0v) is 11.3. The quantitative estimate of drug-likeness (QED) is 0.642. The van der Waals surface area contributed by atoms with Crippen molar-refractivity contribution in [2.24, 2.45) is 5.92 Å². The number of hydrogen-bond donors (Lipinski definition) is 0. The third-order valence-corrected chi connectivity index (χ3v) is 6.95. The molecule has 0 heterocycles. The third-order valence-electron chi connectivity index (χ3n) is 2.14. The Kier molecular flexibility index (Phi) is 5.42. The van der Waals surface area contributed by atoms with Crippen molar-refractivity contribution in [1.82, 2.24) is 0 Å². The van der Waals surface area contributed by atoms with Gasteiger partial charge in [-0.25, -0.2) is 0 Å². The Morgan fingerprint density at radius 3 is 2.40 bits per heavy atom. The van der Waals surface area contributed by atoms with Crippen molar-refractivity contribution in [3.8, 4) is 0 Å². The molecule has 1 nitrogen and oxygen atoms in total. The van der Waals surface area contributed by atoms with E-state index in [0.29, 0.717) is 16.2 Å². The van der Waals surface area contributed by atoms with Crippen LogP contribution in [-0.4, -0.2) is 55.7 Å². The van der Waals surface area contributed by atoms with Gasteiger partial charge in [0, 0.05) is 0 Å². The number of hydrogen-bond acceptors (Lipinski definition) is 1. The molecule has 0 bridgehead atoms. The SMILES string of the molecule is O=C([Se][K])C1CCCCC1. The van der Waals surface area contributed by atoms with Gasteiger partial charge < -0.3 is 0 Å². The molecule has 0 spiro atoms. The van der Waals surface area contributed by atoms with Crippen LogP contribution in [0.4, 0.5) is 0 Å². The summed E-state index contributed by atoms with van der Waals surface area (Å²) >= 11 is 0.800. The molecule has 0 saturated heterocycles. The first kappa shape index (κ1) is 9.91. The van der Waals surface area contributed by atoms with Crippen LogP contribution < -0.4 is 0 Å². The summed E-state index contributed by atoms with van der Waals surface area (Å²) in [5.74, 6) is 0.504. The molecule has 10 heavy (non-hydrogen) atoms. The molecule has 0 radical (unpaired) electrons. The summed E-state index contributed by atoms with van der Waals surface area (Å²) in [6.45, 7) is 0. The standard InChI is InChI=1S/C7H12OSe.K/c8-7(9)6-4-2-1-3-5-6;/h6H,1-5H2,(H,8,9);/q;+1/p-1. The van der Waals surface area contributed by atoms with Crippen molar-refractivity contribution >= 4 is 55.7 Å². The van der Waals surface area contributed by atoms with Crippen LogP contribution in [0.15, 0.2) is 0 Å². The minimum atomic E-state index is 0.439. The van der Waals surface area contributed by atoms with Crippen molar-refractivity contribution < 1.29 is 4.79 Å². The first-order valence-corrected chi connectivity index (χ1v) is 13.1. The van der Waals surface area contributed by atoms with Gasteiger partial charge >= 0.3 is 98.5 Å². The maximum atomic E-state index is 11.2. The van der Waals surface area contributed by atoms with E-state index in [9.17, 15) is 4.79 Å². The van der Waals surface area contributed by atoms with Crippen molar-refractivity contribution in [3.63, 3.8) is 0 Å². The van der Waals surface area contributed by atoms with Gasteiger partial charge in [0.05, 0.1) is 0 Å². The van der Waals surface area contributed by atoms with E-state index < -0.39 is 0 Å². The number of carbonyl (C=O) groups excluding carboxylic acids is 1. The molecule has 0 unspecified atom stereocenters. The Hall–Kier alpha value is 1.83. The Labute approximate surface area is 96.5 Å². The molecule has 0 N–H and O–H groups in total. The Balaban J connectivity index is 2.31. The average Bonchev–Trinajstić information content (AvgIpc) is 2.05. The van der Waals surface area contributed by atoms with Crippen molar-refractivity contribution in [3.05, 3.63) is 0 Å². The van der Waals surface area contributed by atoms with E-state index in [4.69, 9.17) is 0 Å². The van der Waals surface area contributed by atoms with Crippen molar-refractivity contribution in [1.29, 1.82) is 0 Å². The molecule has 0 aliphatic heterocycles. The van der Waals surface area contributed by atoms with Gasteiger partial charge in [-0.2, -0.15) is 0 Å². The Bertz CT molecular complexity index is 121. The summed E-state index contributed by atoms with van der Waals surface area (Å²) in [6, 6.07) is 0. The molecule has 0 aromatic rings. The van der Waals surface area contributed by atoms with Gasteiger partial charge in [-0.3, -0.25) is 0 Å². The van der Waals surface area contributed by atoms with E-state index in [1.54, 1.807) is 0 Å². The van der Waals surface area contributed by atoms with E-state index in [1.165, 1.54) is 32.1 Å². The van der Waals surface area contributed by atoms with E-state index in [-0.39, 0.29) is 0 Å². The van der Waals surface area contributed by atoms with Crippen molar-refractivity contribution in [2.75, 3.05) is 0 Å². The fraction of sp³-hybridized carbons (Fsp3) is 0.857. The maximum absolute atomic E-state index is 11.2. The molecule has 1 saturated carbocycles. The van der Waals surface area contributed by atoms with Crippen LogP contribution in [-0.2, 0) is 4.79 Å². The van der Waals surface area contributed by atoms with Gasteiger partial charge in [-0.05, 0) is 0 Å². The second-order valence-corrected chi connectivity index (χ2v) is 7.87. The summed E-state index contributed by atoms with van der Waals surface area (Å²) in [5.41, 5.74) is 0.439. The molecule has 1 rings (SSSR count). The summed E-state index contributed by atoms with van der Waals surface area (Å²) in [5, 5.41) is 0. The van der Waals surface area contributed by atoms with Crippen LogP contribution in [0, 0.1) is 5.92 Å². The zero-order valence-electron chi connectivity index (χ0n) is 6.43. The molecular weight excluding hydrogens is 218 g/mol. The van der Waals surface area contributed by atoms with Gasteiger partial charge in [0.15, 0.2) is 0 Å². The summed E-state index contributed by atoms with van der Waals surface area (Å²) < 4.78 is 0.632. The fourth-order valence-corrected chi connectivity index (χ4v) is 5.40. The van der Waals surface area contributed by atoms with Crippen LogP contribution in [0.25, 0.3) is 0 Å². The van der Waals surface area contributed by atoms with E-state index in [2.05, 4.69) is 0 Å². The normalized spacial score (nSPS) is 21.0. The number of rotatable bonds is 2. The van der Waals surface area contributed by atoms with Gasteiger partial charge in [0.25, 0.3) is 0 Å². The Morgan fingerprint density at radius 2 is 1.90 bits per heavy atom. The van der Waals surface area contributed by atoms with Gasteiger partial charge in [0.2, 0.25) is 0 Å². The molecule has 0 amide bonds. The average molecular weight is 229 g/mol. The summed E-state index contributed by atoms with van der Waals surface area (Å²) in [6.07, 6.45) is 6.38. The van der Waals surface area contributed by atoms with E-state index in [0.717, 1.165) is 45.4 Å². The second kappa shape index (κ2) is 5.47. The molecule has 1 aliphatic carbocycles. The van der Waals surface area contributed by atoms with Crippen molar-refractivity contribution in [2.45, 2.75) is 32.1 Å². The molecule has 0 aromatic heterocycles. The van der Waals surface area contributed by atoms with Gasteiger partial charge in [-0.15, -0.1) is 0 Å². The molecule has 0 atom stereocenters. The first-order chi connectivity index (χ1) is 4.84. The molecule has 3 heteroatoms. The predicted molar refractivity (Wildman–Crippen MR) is 43.1 cm³/mol. The number of carbonyl (C=O) groups is 1. The Morgan fingerprint density at radius 1 is 1.30 bits per heavy atom. The first-order valence-electron chi connectivity index (χ1n) is 3.92. The predicted octanol–water partition coefficient (Wildman–Crippen LogP) is 0.881. The van der Waals surface area contributed by atoms with Crippen LogP contribution in [0.1, 0.15) is 32.1 Å².